The van der Waals surface area contributed by atoms with Crippen LogP contribution in [0.3, 0.4) is 0 Å². The largest absolute Gasteiger partial charge is 0.117 e. The van der Waals surface area contributed by atoms with Crippen LogP contribution < -0.4 is 0 Å². The van der Waals surface area contributed by atoms with E-state index in [1.54, 1.807) is 0 Å². The summed E-state index contributed by atoms with van der Waals surface area (Å²) in [6.07, 6.45) is 7.63. The highest BCUT2D eigenvalue weighted by atomic mass is 35.5. The van der Waals surface area contributed by atoms with Crippen molar-refractivity contribution in [2.75, 3.05) is 0 Å². The molecule has 0 heterocycles. The lowest BCUT2D eigenvalue weighted by atomic mass is 9.83. The molecule has 0 bridgehead atoms. The second-order valence-corrected chi connectivity index (χ2v) is 5.70. The Morgan fingerprint density at radius 1 is 1.36 bits per heavy atom. The van der Waals surface area contributed by atoms with Gasteiger partial charge in [-0.25, -0.2) is 0 Å². The molecule has 0 aromatic heterocycles. The Labute approximate surface area is 91.4 Å². The van der Waals surface area contributed by atoms with Gasteiger partial charge in [0.1, 0.15) is 0 Å². The molecule has 3 aliphatic carbocycles. The van der Waals surface area contributed by atoms with E-state index in [4.69, 9.17) is 11.6 Å². The number of rotatable bonds is 2. The number of hydrogen-bond acceptors (Lipinski definition) is 0. The van der Waals surface area contributed by atoms with Crippen LogP contribution in [-0.4, -0.2) is 4.87 Å². The van der Waals surface area contributed by atoms with Crippen molar-refractivity contribution in [3.05, 3.63) is 0 Å². The lowest BCUT2D eigenvalue weighted by Gasteiger charge is -2.23. The second kappa shape index (κ2) is 2.70. The summed E-state index contributed by atoms with van der Waals surface area (Å²) in [6, 6.07) is 0. The molecule has 0 saturated heterocycles. The van der Waals surface area contributed by atoms with E-state index in [-0.39, 0.29) is 4.87 Å². The van der Waals surface area contributed by atoms with Crippen molar-refractivity contribution >= 4 is 11.6 Å². The van der Waals surface area contributed by atoms with Gasteiger partial charge in [0, 0.05) is 6.42 Å². The van der Waals surface area contributed by atoms with E-state index in [0.717, 1.165) is 18.3 Å². The Hall–Kier alpha value is -0.150. The standard InChI is InChI=1S/C13H17Cl/c1-2-3-4-5-9-12-10-7-6-8-11(12)13(10,12)14/h10-11H,2-4,6-8H2,1H3. The average Bonchev–Trinajstić information content (AvgIpc) is 2.98. The van der Waals surface area contributed by atoms with Gasteiger partial charge in [0.25, 0.3) is 0 Å². The summed E-state index contributed by atoms with van der Waals surface area (Å²) in [5.74, 6) is 8.39. The van der Waals surface area contributed by atoms with Crippen molar-refractivity contribution in [1.29, 1.82) is 0 Å². The van der Waals surface area contributed by atoms with E-state index in [0.29, 0.717) is 5.41 Å². The van der Waals surface area contributed by atoms with Crippen molar-refractivity contribution in [3.8, 4) is 11.8 Å². The first kappa shape index (κ1) is 9.10. The molecule has 3 aliphatic rings. The molecular weight excluding hydrogens is 192 g/mol. The van der Waals surface area contributed by atoms with Gasteiger partial charge < -0.3 is 0 Å². The molecule has 0 aromatic rings. The van der Waals surface area contributed by atoms with Crippen LogP contribution in [0.1, 0.15) is 45.4 Å². The van der Waals surface area contributed by atoms with Gasteiger partial charge in [-0.1, -0.05) is 25.7 Å². The highest BCUT2D eigenvalue weighted by molar-refractivity contribution is 6.31. The fourth-order valence-corrected chi connectivity index (χ4v) is 4.42. The highest BCUT2D eigenvalue weighted by Crippen LogP contribution is 2.94. The zero-order chi connectivity index (χ0) is 9.81. The molecular formula is C13H17Cl. The number of alkyl halides is 1. The molecule has 0 aromatic carbocycles. The van der Waals surface area contributed by atoms with E-state index < -0.39 is 0 Å². The summed E-state index contributed by atoms with van der Waals surface area (Å²) in [4.78, 5) is 0.171. The first-order valence-electron chi connectivity index (χ1n) is 5.97. The van der Waals surface area contributed by atoms with Crippen LogP contribution in [0.25, 0.3) is 0 Å². The molecule has 0 nitrogen and oxygen atoms in total. The van der Waals surface area contributed by atoms with Crippen LogP contribution in [0.5, 0.6) is 0 Å². The molecule has 2 atom stereocenters. The lowest BCUT2D eigenvalue weighted by Crippen LogP contribution is -2.18. The van der Waals surface area contributed by atoms with Crippen molar-refractivity contribution in [2.24, 2.45) is 17.3 Å². The first-order valence-corrected chi connectivity index (χ1v) is 6.35. The van der Waals surface area contributed by atoms with E-state index >= 15 is 0 Å². The average molecular weight is 209 g/mol. The van der Waals surface area contributed by atoms with Gasteiger partial charge >= 0.3 is 0 Å². The van der Waals surface area contributed by atoms with Gasteiger partial charge in [-0.05, 0) is 31.1 Å². The van der Waals surface area contributed by atoms with Crippen LogP contribution in [0, 0.1) is 29.1 Å². The van der Waals surface area contributed by atoms with E-state index in [2.05, 4.69) is 18.8 Å². The molecule has 3 rings (SSSR count). The van der Waals surface area contributed by atoms with Crippen LogP contribution in [0.15, 0.2) is 0 Å². The van der Waals surface area contributed by atoms with Crippen LogP contribution in [-0.2, 0) is 0 Å². The molecule has 0 aliphatic heterocycles. The third kappa shape index (κ3) is 0.797. The molecule has 1 heteroatoms. The molecule has 3 fully saturated rings. The molecule has 0 amide bonds. The van der Waals surface area contributed by atoms with Gasteiger partial charge in [-0.15, -0.1) is 17.5 Å². The van der Waals surface area contributed by atoms with Gasteiger partial charge in [-0.2, -0.15) is 0 Å². The maximum atomic E-state index is 6.55. The van der Waals surface area contributed by atoms with Gasteiger partial charge in [0.15, 0.2) is 0 Å². The number of hydrogen-bond donors (Lipinski definition) is 0. The summed E-state index contributed by atoms with van der Waals surface area (Å²) in [5, 5.41) is 0. The highest BCUT2D eigenvalue weighted by Gasteiger charge is 2.97. The SMILES string of the molecule is CCCCC#CC12C3CCCC1C32Cl. The Morgan fingerprint density at radius 3 is 2.64 bits per heavy atom. The Balaban J connectivity index is 1.67. The van der Waals surface area contributed by atoms with Crippen molar-refractivity contribution in [1.82, 2.24) is 0 Å². The Bertz CT molecular complexity index is 308. The normalized spacial score (nSPS) is 51.6. The Kier molecular flexibility index (Phi) is 1.76. The fraction of sp³-hybridized carbons (Fsp3) is 0.846. The van der Waals surface area contributed by atoms with E-state index in [1.165, 1.54) is 32.1 Å². The molecule has 3 saturated carbocycles. The minimum Gasteiger partial charge on any atom is -0.117 e. The summed E-state index contributed by atoms with van der Waals surface area (Å²) < 4.78 is 0. The summed E-state index contributed by atoms with van der Waals surface area (Å²) in [6.45, 7) is 2.22. The van der Waals surface area contributed by atoms with Gasteiger partial charge in [-0.3, -0.25) is 0 Å². The van der Waals surface area contributed by atoms with Crippen molar-refractivity contribution < 1.29 is 0 Å². The quantitative estimate of drug-likeness (QED) is 0.370. The van der Waals surface area contributed by atoms with Gasteiger partial charge in [0.2, 0.25) is 0 Å². The zero-order valence-corrected chi connectivity index (χ0v) is 9.53. The second-order valence-electron chi connectivity index (χ2n) is 5.08. The number of halogens is 1. The van der Waals surface area contributed by atoms with Crippen LogP contribution >= 0.6 is 11.6 Å². The zero-order valence-electron chi connectivity index (χ0n) is 8.78. The molecule has 2 unspecified atom stereocenters. The molecule has 76 valence electrons. The summed E-state index contributed by atoms with van der Waals surface area (Å²) in [5.41, 5.74) is 0.320. The number of unbranched alkanes of at least 4 members (excludes halogenated alkanes) is 2. The van der Waals surface area contributed by atoms with Crippen molar-refractivity contribution in [3.63, 3.8) is 0 Å². The monoisotopic (exact) mass is 208 g/mol. The topological polar surface area (TPSA) is 0 Å². The Morgan fingerprint density at radius 2 is 2.07 bits per heavy atom. The minimum atomic E-state index is 0.171. The predicted molar refractivity (Wildman–Crippen MR) is 59.1 cm³/mol. The molecule has 14 heavy (non-hydrogen) atoms. The maximum Gasteiger partial charge on any atom is 0.0705 e. The third-order valence-electron chi connectivity index (χ3n) is 4.52. The smallest absolute Gasteiger partial charge is 0.0705 e. The number of fused-ring (bicyclic) bond motifs is 2. The fourth-order valence-electron chi connectivity index (χ4n) is 3.66. The van der Waals surface area contributed by atoms with Crippen molar-refractivity contribution in [2.45, 2.75) is 50.3 Å². The first-order chi connectivity index (χ1) is 6.78. The minimum absolute atomic E-state index is 0.171. The molecule has 0 spiro atoms. The molecule has 0 radical (unpaired) electrons. The van der Waals surface area contributed by atoms with Crippen LogP contribution in [0.4, 0.5) is 0 Å². The lowest BCUT2D eigenvalue weighted by molar-refractivity contribution is 0.315. The van der Waals surface area contributed by atoms with E-state index in [9.17, 15) is 0 Å². The summed E-state index contributed by atoms with van der Waals surface area (Å²) >= 11 is 6.55. The maximum absolute atomic E-state index is 6.55. The predicted octanol–water partition coefficient (Wildman–Crippen LogP) is 3.59. The molecule has 0 N–H and O–H groups in total. The third-order valence-corrected chi connectivity index (χ3v) is 5.36. The van der Waals surface area contributed by atoms with Crippen LogP contribution in [0.2, 0.25) is 0 Å². The van der Waals surface area contributed by atoms with Gasteiger partial charge in [0.05, 0.1) is 10.3 Å². The van der Waals surface area contributed by atoms with E-state index in [1.807, 2.05) is 0 Å². The summed E-state index contributed by atoms with van der Waals surface area (Å²) in [7, 11) is 0.